The lowest BCUT2D eigenvalue weighted by Crippen LogP contribution is -2.09. The van der Waals surface area contributed by atoms with Crippen molar-refractivity contribution in [2.75, 3.05) is 5.73 Å². The molecular weight excluding hydrogens is 250 g/mol. The van der Waals surface area contributed by atoms with E-state index in [4.69, 9.17) is 17.3 Å². The molecule has 0 saturated carbocycles. The summed E-state index contributed by atoms with van der Waals surface area (Å²) in [7, 11) is 0. The van der Waals surface area contributed by atoms with Crippen LogP contribution in [0.15, 0.2) is 18.5 Å². The van der Waals surface area contributed by atoms with Crippen LogP contribution in [-0.4, -0.2) is 19.6 Å². The van der Waals surface area contributed by atoms with Crippen molar-refractivity contribution in [1.82, 2.24) is 19.6 Å². The molecule has 18 heavy (non-hydrogen) atoms. The zero-order valence-corrected chi connectivity index (χ0v) is 11.4. The number of anilines is 1. The topological polar surface area (TPSA) is 61.7 Å². The third kappa shape index (κ3) is 2.67. The van der Waals surface area contributed by atoms with Crippen LogP contribution in [0.1, 0.15) is 38.4 Å². The average Bonchev–Trinajstić information content (AvgIpc) is 2.90. The standard InChI is InChI=1S/C12H18ClN5/c1-3-10(4-2)18-6-5-9(15-18)7-17-8-11(13)12(14)16-17/h5-6,8,10H,3-4,7H2,1-2H3,(H2,14,16). The second kappa shape index (κ2) is 5.44. The van der Waals surface area contributed by atoms with Gasteiger partial charge in [-0.15, -0.1) is 0 Å². The van der Waals surface area contributed by atoms with Crippen molar-refractivity contribution in [1.29, 1.82) is 0 Å². The smallest absolute Gasteiger partial charge is 0.164 e. The van der Waals surface area contributed by atoms with Crippen LogP contribution in [0.2, 0.25) is 5.02 Å². The van der Waals surface area contributed by atoms with Crippen LogP contribution in [0.3, 0.4) is 0 Å². The van der Waals surface area contributed by atoms with Gasteiger partial charge in [0.1, 0.15) is 5.02 Å². The quantitative estimate of drug-likeness (QED) is 0.906. The summed E-state index contributed by atoms with van der Waals surface area (Å²) in [5, 5.41) is 9.15. The van der Waals surface area contributed by atoms with Gasteiger partial charge in [0.2, 0.25) is 0 Å². The van der Waals surface area contributed by atoms with Crippen molar-refractivity contribution >= 4 is 17.4 Å². The maximum atomic E-state index is 5.86. The molecule has 0 unspecified atom stereocenters. The van der Waals surface area contributed by atoms with E-state index in [-0.39, 0.29) is 0 Å². The van der Waals surface area contributed by atoms with Gasteiger partial charge in [-0.2, -0.15) is 10.2 Å². The second-order valence-electron chi connectivity index (χ2n) is 4.32. The lowest BCUT2D eigenvalue weighted by Gasteiger charge is -2.12. The molecule has 0 amide bonds. The first-order chi connectivity index (χ1) is 8.63. The molecule has 2 N–H and O–H groups in total. The molecule has 6 heteroatoms. The van der Waals surface area contributed by atoms with Gasteiger partial charge < -0.3 is 5.73 Å². The van der Waals surface area contributed by atoms with Crippen LogP contribution in [0.5, 0.6) is 0 Å². The molecule has 2 aromatic heterocycles. The summed E-state index contributed by atoms with van der Waals surface area (Å²) >= 11 is 5.86. The number of hydrogen-bond acceptors (Lipinski definition) is 3. The fraction of sp³-hybridized carbons (Fsp3) is 0.500. The first kappa shape index (κ1) is 13.0. The summed E-state index contributed by atoms with van der Waals surface area (Å²) in [6.45, 7) is 4.93. The van der Waals surface area contributed by atoms with Crippen LogP contribution in [0.4, 0.5) is 5.82 Å². The Morgan fingerprint density at radius 1 is 1.33 bits per heavy atom. The third-order valence-electron chi connectivity index (χ3n) is 3.05. The lowest BCUT2D eigenvalue weighted by molar-refractivity contribution is 0.424. The highest BCUT2D eigenvalue weighted by atomic mass is 35.5. The summed E-state index contributed by atoms with van der Waals surface area (Å²) in [5.74, 6) is 0.357. The zero-order valence-electron chi connectivity index (χ0n) is 10.7. The van der Waals surface area contributed by atoms with Crippen LogP contribution >= 0.6 is 11.6 Å². The van der Waals surface area contributed by atoms with E-state index in [9.17, 15) is 0 Å². The van der Waals surface area contributed by atoms with E-state index in [1.54, 1.807) is 10.9 Å². The number of nitrogens with two attached hydrogens (primary N) is 1. The first-order valence-corrected chi connectivity index (χ1v) is 6.54. The number of rotatable bonds is 5. The summed E-state index contributed by atoms with van der Waals surface area (Å²) in [4.78, 5) is 0. The van der Waals surface area contributed by atoms with Gasteiger partial charge in [0.25, 0.3) is 0 Å². The van der Waals surface area contributed by atoms with Crippen LogP contribution < -0.4 is 5.73 Å². The molecule has 0 atom stereocenters. The number of halogens is 1. The van der Waals surface area contributed by atoms with Crippen molar-refractivity contribution in [2.45, 2.75) is 39.3 Å². The molecule has 0 spiro atoms. The molecule has 0 fully saturated rings. The predicted octanol–water partition coefficient (Wildman–Crippen LogP) is 2.72. The number of aromatic nitrogens is 4. The highest BCUT2D eigenvalue weighted by Gasteiger charge is 2.09. The van der Waals surface area contributed by atoms with E-state index < -0.39 is 0 Å². The molecule has 2 rings (SSSR count). The van der Waals surface area contributed by atoms with Gasteiger partial charge in [-0.25, -0.2) is 0 Å². The van der Waals surface area contributed by atoms with Crippen molar-refractivity contribution < 1.29 is 0 Å². The van der Waals surface area contributed by atoms with Gasteiger partial charge in [-0.3, -0.25) is 9.36 Å². The van der Waals surface area contributed by atoms with E-state index in [0.29, 0.717) is 23.4 Å². The fourth-order valence-corrected chi connectivity index (χ4v) is 2.14. The molecule has 0 aliphatic rings. The molecule has 0 aliphatic heterocycles. The summed E-state index contributed by atoms with van der Waals surface area (Å²) in [6.07, 6.45) is 5.89. The zero-order chi connectivity index (χ0) is 13.1. The molecule has 0 saturated heterocycles. The van der Waals surface area contributed by atoms with E-state index in [0.717, 1.165) is 18.5 Å². The monoisotopic (exact) mass is 267 g/mol. The Kier molecular flexibility index (Phi) is 3.91. The van der Waals surface area contributed by atoms with E-state index in [2.05, 4.69) is 24.0 Å². The predicted molar refractivity (Wildman–Crippen MR) is 72.6 cm³/mol. The number of nitrogen functional groups attached to an aromatic ring is 1. The maximum Gasteiger partial charge on any atom is 0.164 e. The second-order valence-corrected chi connectivity index (χ2v) is 4.72. The third-order valence-corrected chi connectivity index (χ3v) is 3.34. The van der Waals surface area contributed by atoms with Crippen LogP contribution in [0, 0.1) is 0 Å². The van der Waals surface area contributed by atoms with Crippen LogP contribution in [0.25, 0.3) is 0 Å². The minimum Gasteiger partial charge on any atom is -0.381 e. The maximum absolute atomic E-state index is 5.86. The van der Waals surface area contributed by atoms with E-state index in [1.807, 2.05) is 16.9 Å². The Hall–Kier alpha value is -1.49. The Morgan fingerprint density at radius 3 is 2.61 bits per heavy atom. The highest BCUT2D eigenvalue weighted by molar-refractivity contribution is 6.32. The highest BCUT2D eigenvalue weighted by Crippen LogP contribution is 2.17. The van der Waals surface area contributed by atoms with Gasteiger partial charge >= 0.3 is 0 Å². The molecule has 0 aromatic carbocycles. The molecule has 0 bridgehead atoms. The molecular formula is C12H18ClN5. The average molecular weight is 268 g/mol. The van der Waals surface area contributed by atoms with Gasteiger partial charge in [0.15, 0.2) is 5.82 Å². The largest absolute Gasteiger partial charge is 0.381 e. The van der Waals surface area contributed by atoms with Gasteiger partial charge in [-0.1, -0.05) is 25.4 Å². The van der Waals surface area contributed by atoms with Crippen LogP contribution in [-0.2, 0) is 6.54 Å². The molecule has 5 nitrogen and oxygen atoms in total. The number of hydrogen-bond donors (Lipinski definition) is 1. The van der Waals surface area contributed by atoms with E-state index in [1.165, 1.54) is 0 Å². The molecule has 0 aliphatic carbocycles. The summed E-state index contributed by atoms with van der Waals surface area (Å²) in [6, 6.07) is 2.47. The summed E-state index contributed by atoms with van der Waals surface area (Å²) < 4.78 is 3.72. The molecule has 98 valence electrons. The van der Waals surface area contributed by atoms with Gasteiger partial charge in [0.05, 0.1) is 18.3 Å². The van der Waals surface area contributed by atoms with Crippen molar-refractivity contribution in [3.05, 3.63) is 29.2 Å². The first-order valence-electron chi connectivity index (χ1n) is 6.16. The normalized spacial score (nSPS) is 11.3. The Morgan fingerprint density at radius 2 is 2.06 bits per heavy atom. The Balaban J connectivity index is 2.11. The fourth-order valence-electron chi connectivity index (χ4n) is 1.99. The Bertz CT molecular complexity index is 493. The molecule has 2 heterocycles. The Labute approximate surface area is 112 Å². The van der Waals surface area contributed by atoms with Gasteiger partial charge in [0, 0.05) is 12.4 Å². The van der Waals surface area contributed by atoms with Crippen molar-refractivity contribution in [2.24, 2.45) is 0 Å². The molecule has 0 radical (unpaired) electrons. The van der Waals surface area contributed by atoms with Gasteiger partial charge in [-0.05, 0) is 18.9 Å². The van der Waals surface area contributed by atoms with Crippen molar-refractivity contribution in [3.63, 3.8) is 0 Å². The van der Waals surface area contributed by atoms with Crippen molar-refractivity contribution in [3.8, 4) is 0 Å². The minimum atomic E-state index is 0.357. The van der Waals surface area contributed by atoms with E-state index >= 15 is 0 Å². The summed E-state index contributed by atoms with van der Waals surface area (Å²) in [5.41, 5.74) is 6.56. The molecule has 2 aromatic rings. The lowest BCUT2D eigenvalue weighted by atomic mass is 10.2. The number of nitrogens with zero attached hydrogens (tertiary/aromatic N) is 4. The minimum absolute atomic E-state index is 0.357. The SMILES string of the molecule is CCC(CC)n1ccc(Cn2cc(Cl)c(N)n2)n1.